The molecule has 0 fully saturated rings. The Morgan fingerprint density at radius 3 is 2.41 bits per heavy atom. The van der Waals surface area contributed by atoms with Crippen LogP contribution in [0.15, 0.2) is 65.3 Å². The van der Waals surface area contributed by atoms with E-state index in [1.807, 2.05) is 0 Å². The highest BCUT2D eigenvalue weighted by Gasteiger charge is 2.12. The van der Waals surface area contributed by atoms with Gasteiger partial charge in [-0.1, -0.05) is 25.4 Å². The number of furan rings is 1. The Balaban J connectivity index is 1.62. The summed E-state index contributed by atoms with van der Waals surface area (Å²) in [7, 11) is 0. The third-order valence-electron chi connectivity index (χ3n) is 3.92. The van der Waals surface area contributed by atoms with Crippen LogP contribution in [0, 0.1) is 5.92 Å². The SMILES string of the molecule is CC(C)COc1ccc(C(=O)Nc2ccc(NC(=O)c3ccco3)c(Cl)c2)cc1. The molecule has 0 aliphatic carbocycles. The zero-order valence-electron chi connectivity index (χ0n) is 16.1. The van der Waals surface area contributed by atoms with Crippen molar-refractivity contribution in [1.29, 1.82) is 0 Å². The summed E-state index contributed by atoms with van der Waals surface area (Å²) in [6.45, 7) is 4.76. The van der Waals surface area contributed by atoms with E-state index in [1.165, 1.54) is 6.26 Å². The molecule has 0 saturated heterocycles. The van der Waals surface area contributed by atoms with Crippen LogP contribution in [-0.2, 0) is 0 Å². The Hall–Kier alpha value is -3.25. The molecule has 6 nitrogen and oxygen atoms in total. The fourth-order valence-corrected chi connectivity index (χ4v) is 2.68. The molecule has 0 aliphatic rings. The van der Waals surface area contributed by atoms with E-state index < -0.39 is 5.91 Å². The van der Waals surface area contributed by atoms with E-state index in [2.05, 4.69) is 24.5 Å². The van der Waals surface area contributed by atoms with Gasteiger partial charge in [0.15, 0.2) is 5.76 Å². The second-order valence-corrected chi connectivity index (χ2v) is 7.22. The third-order valence-corrected chi connectivity index (χ3v) is 4.23. The van der Waals surface area contributed by atoms with Gasteiger partial charge in [0.25, 0.3) is 11.8 Å². The largest absolute Gasteiger partial charge is 0.493 e. The topological polar surface area (TPSA) is 80.6 Å². The number of hydrogen-bond acceptors (Lipinski definition) is 4. The van der Waals surface area contributed by atoms with Crippen LogP contribution in [0.4, 0.5) is 11.4 Å². The quantitative estimate of drug-likeness (QED) is 0.539. The first kappa shape index (κ1) is 20.5. The van der Waals surface area contributed by atoms with E-state index in [1.54, 1.807) is 54.6 Å². The smallest absolute Gasteiger partial charge is 0.291 e. The molecule has 2 aromatic carbocycles. The molecule has 7 heteroatoms. The van der Waals surface area contributed by atoms with E-state index >= 15 is 0 Å². The van der Waals surface area contributed by atoms with Crippen LogP contribution in [0.3, 0.4) is 0 Å². The van der Waals surface area contributed by atoms with Crippen LogP contribution in [0.2, 0.25) is 5.02 Å². The molecule has 2 amide bonds. The van der Waals surface area contributed by atoms with E-state index in [0.717, 1.165) is 5.75 Å². The fraction of sp³-hybridized carbons (Fsp3) is 0.182. The van der Waals surface area contributed by atoms with E-state index in [9.17, 15) is 9.59 Å². The van der Waals surface area contributed by atoms with Gasteiger partial charge < -0.3 is 19.8 Å². The molecule has 1 aromatic heterocycles. The molecule has 2 N–H and O–H groups in total. The minimum Gasteiger partial charge on any atom is -0.493 e. The number of carbonyl (C=O) groups excluding carboxylic acids is 2. The number of rotatable bonds is 7. The molecule has 0 unspecified atom stereocenters. The minimum atomic E-state index is -0.409. The van der Waals surface area contributed by atoms with Gasteiger partial charge in [0, 0.05) is 11.3 Å². The van der Waals surface area contributed by atoms with Crippen molar-refractivity contribution in [2.75, 3.05) is 17.2 Å². The number of carbonyl (C=O) groups is 2. The normalized spacial score (nSPS) is 10.6. The van der Waals surface area contributed by atoms with Gasteiger partial charge in [0.05, 0.1) is 23.6 Å². The Labute approximate surface area is 173 Å². The lowest BCUT2D eigenvalue weighted by Crippen LogP contribution is -2.13. The molecular weight excluding hydrogens is 392 g/mol. The predicted octanol–water partition coefficient (Wildman–Crippen LogP) is 5.47. The van der Waals surface area contributed by atoms with Gasteiger partial charge in [-0.25, -0.2) is 0 Å². The van der Waals surface area contributed by atoms with Gasteiger partial charge in [0.2, 0.25) is 0 Å². The highest BCUT2D eigenvalue weighted by molar-refractivity contribution is 6.34. The third kappa shape index (κ3) is 5.62. The zero-order valence-corrected chi connectivity index (χ0v) is 16.8. The zero-order chi connectivity index (χ0) is 20.8. The van der Waals surface area contributed by atoms with Gasteiger partial charge in [-0.15, -0.1) is 0 Å². The average molecular weight is 413 g/mol. The lowest BCUT2D eigenvalue weighted by atomic mass is 10.2. The Morgan fingerprint density at radius 1 is 1.03 bits per heavy atom. The Kier molecular flexibility index (Phi) is 6.57. The van der Waals surface area contributed by atoms with Crippen molar-refractivity contribution in [3.63, 3.8) is 0 Å². The van der Waals surface area contributed by atoms with Gasteiger partial charge in [-0.05, 0) is 60.5 Å². The van der Waals surface area contributed by atoms with Crippen molar-refractivity contribution in [3.8, 4) is 5.75 Å². The van der Waals surface area contributed by atoms with Crippen LogP contribution in [0.5, 0.6) is 5.75 Å². The van der Waals surface area contributed by atoms with Gasteiger partial charge in [0.1, 0.15) is 5.75 Å². The summed E-state index contributed by atoms with van der Waals surface area (Å²) in [5.74, 6) is 0.640. The first-order chi connectivity index (χ1) is 13.9. The van der Waals surface area contributed by atoms with E-state index in [4.69, 9.17) is 20.8 Å². The van der Waals surface area contributed by atoms with Gasteiger partial charge >= 0.3 is 0 Å². The summed E-state index contributed by atoms with van der Waals surface area (Å²) in [6.07, 6.45) is 1.41. The van der Waals surface area contributed by atoms with Crippen LogP contribution in [0.25, 0.3) is 0 Å². The molecule has 1 heterocycles. The van der Waals surface area contributed by atoms with Crippen molar-refractivity contribution >= 4 is 34.8 Å². The molecule has 0 saturated carbocycles. The molecule has 0 spiro atoms. The van der Waals surface area contributed by atoms with Crippen LogP contribution >= 0.6 is 11.6 Å². The summed E-state index contributed by atoms with van der Waals surface area (Å²) in [4.78, 5) is 24.5. The van der Waals surface area contributed by atoms with E-state index in [-0.39, 0.29) is 11.7 Å². The average Bonchev–Trinajstić information content (AvgIpc) is 3.24. The second kappa shape index (κ2) is 9.30. The summed E-state index contributed by atoms with van der Waals surface area (Å²) < 4.78 is 10.7. The number of halogens is 1. The standard InChI is InChI=1S/C22H21ClN2O4/c1-14(2)13-29-17-8-5-15(6-9-17)21(26)24-16-7-10-19(18(23)12-16)25-22(27)20-4-3-11-28-20/h3-12,14H,13H2,1-2H3,(H,24,26)(H,25,27). The van der Waals surface area contributed by atoms with Gasteiger partial charge in [-0.2, -0.15) is 0 Å². The first-order valence-electron chi connectivity index (χ1n) is 9.11. The van der Waals surface area contributed by atoms with Crippen molar-refractivity contribution in [2.24, 2.45) is 5.92 Å². The Bertz CT molecular complexity index is 983. The summed E-state index contributed by atoms with van der Waals surface area (Å²) in [5.41, 5.74) is 1.42. The Morgan fingerprint density at radius 2 is 1.79 bits per heavy atom. The van der Waals surface area contributed by atoms with Crippen molar-refractivity contribution in [2.45, 2.75) is 13.8 Å². The van der Waals surface area contributed by atoms with Crippen molar-refractivity contribution in [1.82, 2.24) is 0 Å². The number of anilines is 2. The van der Waals surface area contributed by atoms with E-state index in [0.29, 0.717) is 34.5 Å². The first-order valence-corrected chi connectivity index (χ1v) is 9.49. The van der Waals surface area contributed by atoms with Crippen molar-refractivity contribution < 1.29 is 18.7 Å². The molecule has 0 bridgehead atoms. The molecule has 29 heavy (non-hydrogen) atoms. The lowest BCUT2D eigenvalue weighted by Gasteiger charge is -2.11. The van der Waals surface area contributed by atoms with Crippen LogP contribution < -0.4 is 15.4 Å². The number of amides is 2. The number of ether oxygens (including phenoxy) is 1. The van der Waals surface area contributed by atoms with Crippen molar-refractivity contribution in [3.05, 3.63) is 77.2 Å². The minimum absolute atomic E-state index is 0.180. The summed E-state index contributed by atoms with van der Waals surface area (Å²) in [5, 5.41) is 5.73. The summed E-state index contributed by atoms with van der Waals surface area (Å²) in [6, 6.07) is 14.9. The molecule has 3 aromatic rings. The molecule has 0 aliphatic heterocycles. The number of nitrogens with one attached hydrogen (secondary N) is 2. The fourth-order valence-electron chi connectivity index (χ4n) is 2.45. The maximum atomic E-state index is 12.4. The maximum Gasteiger partial charge on any atom is 0.291 e. The summed E-state index contributed by atoms with van der Waals surface area (Å²) >= 11 is 6.23. The number of benzene rings is 2. The molecule has 150 valence electrons. The maximum absolute atomic E-state index is 12.4. The van der Waals surface area contributed by atoms with Crippen LogP contribution in [-0.4, -0.2) is 18.4 Å². The van der Waals surface area contributed by atoms with Gasteiger partial charge in [-0.3, -0.25) is 9.59 Å². The highest BCUT2D eigenvalue weighted by Crippen LogP contribution is 2.26. The predicted molar refractivity (Wildman–Crippen MR) is 113 cm³/mol. The monoisotopic (exact) mass is 412 g/mol. The molecule has 0 atom stereocenters. The number of hydrogen-bond donors (Lipinski definition) is 2. The highest BCUT2D eigenvalue weighted by atomic mass is 35.5. The molecule has 3 rings (SSSR count). The lowest BCUT2D eigenvalue weighted by molar-refractivity contribution is 0.0994. The second-order valence-electron chi connectivity index (χ2n) is 6.81. The molecule has 0 radical (unpaired) electrons. The van der Waals surface area contributed by atoms with Crippen LogP contribution in [0.1, 0.15) is 34.8 Å². The molecular formula is C22H21ClN2O4.